The fraction of sp³-hybridized carbons (Fsp3) is 0.364. The van der Waals surface area contributed by atoms with Crippen LogP contribution in [0.25, 0.3) is 0 Å². The van der Waals surface area contributed by atoms with Gasteiger partial charge in [-0.3, -0.25) is 0 Å². The number of hydrogen-bond acceptors (Lipinski definition) is 3. The maximum Gasteiger partial charge on any atom is 0.328 e. The van der Waals surface area contributed by atoms with Crippen LogP contribution in [-0.4, -0.2) is 30.8 Å². The summed E-state index contributed by atoms with van der Waals surface area (Å²) >= 11 is 6.80. The highest BCUT2D eigenvalue weighted by Gasteiger charge is 2.19. The van der Waals surface area contributed by atoms with Crippen LogP contribution in [0.3, 0.4) is 0 Å². The molecule has 0 heterocycles. The molecule has 0 aliphatic rings. The van der Waals surface area contributed by atoms with Crippen LogP contribution in [0, 0.1) is 6.92 Å². The van der Waals surface area contributed by atoms with Crippen molar-refractivity contribution >= 4 is 43.5 Å². The molecular weight excluding hydrogens is 354 g/mol. The number of halogens is 2. The molecule has 94 valence electrons. The summed E-state index contributed by atoms with van der Waals surface area (Å²) in [6.45, 7) is 2.06. The number of benzene rings is 1. The minimum atomic E-state index is -0.953. The Kier molecular flexibility index (Phi) is 5.42. The Hall–Kier alpha value is -0.590. The van der Waals surface area contributed by atoms with Crippen molar-refractivity contribution in [1.82, 2.24) is 0 Å². The number of anilines is 1. The third-order valence-electron chi connectivity index (χ3n) is 2.14. The van der Waals surface area contributed by atoms with E-state index in [1.807, 2.05) is 19.1 Å². The Morgan fingerprint density at radius 2 is 2.00 bits per heavy atom. The van der Waals surface area contributed by atoms with Gasteiger partial charge in [0.05, 0.1) is 12.3 Å². The molecule has 0 spiro atoms. The first-order chi connectivity index (χ1) is 7.95. The summed E-state index contributed by atoms with van der Waals surface area (Å²) in [7, 11) is 1.47. The van der Waals surface area contributed by atoms with E-state index >= 15 is 0 Å². The lowest BCUT2D eigenvalue weighted by molar-refractivity contribution is -0.139. The molecule has 1 aromatic carbocycles. The summed E-state index contributed by atoms with van der Waals surface area (Å²) in [5.41, 5.74) is 1.79. The van der Waals surface area contributed by atoms with Gasteiger partial charge in [0.2, 0.25) is 0 Å². The van der Waals surface area contributed by atoms with Crippen LogP contribution in [-0.2, 0) is 9.53 Å². The van der Waals surface area contributed by atoms with Gasteiger partial charge in [0.1, 0.15) is 6.04 Å². The first-order valence-corrected chi connectivity index (χ1v) is 6.48. The Balaban J connectivity index is 2.97. The van der Waals surface area contributed by atoms with Crippen LogP contribution in [0.1, 0.15) is 5.56 Å². The topological polar surface area (TPSA) is 58.6 Å². The lowest BCUT2D eigenvalue weighted by Gasteiger charge is -2.17. The molecule has 0 saturated heterocycles. The van der Waals surface area contributed by atoms with Gasteiger partial charge in [-0.05, 0) is 56.5 Å². The molecule has 0 bridgehead atoms. The van der Waals surface area contributed by atoms with Gasteiger partial charge >= 0.3 is 5.97 Å². The quantitative estimate of drug-likeness (QED) is 0.840. The van der Waals surface area contributed by atoms with Gasteiger partial charge in [-0.1, -0.05) is 0 Å². The van der Waals surface area contributed by atoms with Crippen LogP contribution in [0.5, 0.6) is 0 Å². The fourth-order valence-corrected chi connectivity index (χ4v) is 3.00. The van der Waals surface area contributed by atoms with Crippen molar-refractivity contribution in [2.75, 3.05) is 19.0 Å². The van der Waals surface area contributed by atoms with Crippen molar-refractivity contribution in [2.45, 2.75) is 13.0 Å². The first kappa shape index (κ1) is 14.5. The normalized spacial score (nSPS) is 12.2. The van der Waals surface area contributed by atoms with Crippen LogP contribution in [0.2, 0.25) is 0 Å². The average Bonchev–Trinajstić information content (AvgIpc) is 2.21. The molecule has 1 unspecified atom stereocenters. The monoisotopic (exact) mass is 365 g/mol. The largest absolute Gasteiger partial charge is 0.480 e. The molecule has 17 heavy (non-hydrogen) atoms. The van der Waals surface area contributed by atoms with Gasteiger partial charge in [-0.15, -0.1) is 0 Å². The minimum absolute atomic E-state index is 0.0993. The highest BCUT2D eigenvalue weighted by Crippen LogP contribution is 2.32. The zero-order chi connectivity index (χ0) is 13.0. The molecule has 0 fully saturated rings. The maximum atomic E-state index is 11.0. The van der Waals surface area contributed by atoms with Gasteiger partial charge in [0.25, 0.3) is 0 Å². The van der Waals surface area contributed by atoms with Crippen LogP contribution in [0.4, 0.5) is 5.69 Å². The standard InChI is InChI=1S/C11H13Br2NO3/c1-6-3-7(12)10(8(13)4-6)14-9(5-17-2)11(15)16/h3-4,9,14H,5H2,1-2H3,(H,15,16). The Morgan fingerprint density at radius 3 is 2.41 bits per heavy atom. The molecule has 0 amide bonds. The molecule has 0 aliphatic carbocycles. The highest BCUT2D eigenvalue weighted by atomic mass is 79.9. The molecule has 4 nitrogen and oxygen atoms in total. The van der Waals surface area contributed by atoms with E-state index < -0.39 is 12.0 Å². The van der Waals surface area contributed by atoms with Gasteiger partial charge in [0, 0.05) is 16.1 Å². The zero-order valence-electron chi connectivity index (χ0n) is 9.46. The van der Waals surface area contributed by atoms with Gasteiger partial charge < -0.3 is 15.2 Å². The fourth-order valence-electron chi connectivity index (χ4n) is 1.35. The number of rotatable bonds is 5. The lowest BCUT2D eigenvalue weighted by Crippen LogP contribution is -2.33. The maximum absolute atomic E-state index is 11.0. The Morgan fingerprint density at radius 1 is 1.47 bits per heavy atom. The van der Waals surface area contributed by atoms with Crippen molar-refractivity contribution < 1.29 is 14.6 Å². The molecule has 2 N–H and O–H groups in total. The van der Waals surface area contributed by atoms with E-state index in [0.29, 0.717) is 5.69 Å². The third kappa shape index (κ3) is 3.97. The first-order valence-electron chi connectivity index (χ1n) is 4.89. The van der Waals surface area contributed by atoms with Crippen LogP contribution in [0.15, 0.2) is 21.1 Å². The van der Waals surface area contributed by atoms with Crippen LogP contribution >= 0.6 is 31.9 Å². The second-order valence-electron chi connectivity index (χ2n) is 3.59. The summed E-state index contributed by atoms with van der Waals surface area (Å²) < 4.78 is 6.49. The summed E-state index contributed by atoms with van der Waals surface area (Å²) in [6, 6.07) is 3.05. The van der Waals surface area contributed by atoms with E-state index in [1.165, 1.54) is 7.11 Å². The molecule has 0 aliphatic heterocycles. The molecule has 0 radical (unpaired) electrons. The summed E-state index contributed by atoms with van der Waals surface area (Å²) in [5.74, 6) is -0.953. The van der Waals surface area contributed by atoms with E-state index in [0.717, 1.165) is 14.5 Å². The number of nitrogens with one attached hydrogen (secondary N) is 1. The van der Waals surface area contributed by atoms with Crippen molar-refractivity contribution in [3.8, 4) is 0 Å². The molecule has 1 rings (SSSR count). The summed E-state index contributed by atoms with van der Waals surface area (Å²) in [5, 5.41) is 12.0. The number of aryl methyl sites for hydroxylation is 1. The van der Waals surface area contributed by atoms with Crippen molar-refractivity contribution in [3.05, 3.63) is 26.6 Å². The van der Waals surface area contributed by atoms with Crippen LogP contribution < -0.4 is 5.32 Å². The smallest absolute Gasteiger partial charge is 0.328 e. The number of carboxylic acid groups (broad SMARTS) is 1. The van der Waals surface area contributed by atoms with Crippen molar-refractivity contribution in [3.63, 3.8) is 0 Å². The number of carbonyl (C=O) groups is 1. The second kappa shape index (κ2) is 6.37. The lowest BCUT2D eigenvalue weighted by atomic mass is 10.2. The average molecular weight is 367 g/mol. The molecule has 0 aromatic heterocycles. The van der Waals surface area contributed by atoms with E-state index in [9.17, 15) is 4.79 Å². The molecular formula is C11H13Br2NO3. The molecule has 1 atom stereocenters. The zero-order valence-corrected chi connectivity index (χ0v) is 12.6. The molecule has 1 aromatic rings. The van der Waals surface area contributed by atoms with Gasteiger partial charge in [-0.2, -0.15) is 0 Å². The molecule has 6 heteroatoms. The van der Waals surface area contributed by atoms with E-state index in [-0.39, 0.29) is 6.61 Å². The van der Waals surface area contributed by atoms with E-state index in [4.69, 9.17) is 9.84 Å². The predicted octanol–water partition coefficient (Wildman–Crippen LogP) is 3.03. The summed E-state index contributed by atoms with van der Waals surface area (Å²) in [4.78, 5) is 11.0. The van der Waals surface area contributed by atoms with E-state index in [1.54, 1.807) is 0 Å². The summed E-state index contributed by atoms with van der Waals surface area (Å²) in [6.07, 6.45) is 0. The molecule has 0 saturated carbocycles. The van der Waals surface area contributed by atoms with Crippen molar-refractivity contribution in [2.24, 2.45) is 0 Å². The van der Waals surface area contributed by atoms with Crippen molar-refractivity contribution in [1.29, 1.82) is 0 Å². The van der Waals surface area contributed by atoms with Gasteiger partial charge in [0.15, 0.2) is 0 Å². The number of aliphatic carboxylic acids is 1. The number of ether oxygens (including phenoxy) is 1. The highest BCUT2D eigenvalue weighted by molar-refractivity contribution is 9.11. The minimum Gasteiger partial charge on any atom is -0.480 e. The number of methoxy groups -OCH3 is 1. The second-order valence-corrected chi connectivity index (χ2v) is 5.30. The Labute approximate surface area is 117 Å². The predicted molar refractivity (Wildman–Crippen MR) is 73.5 cm³/mol. The third-order valence-corrected chi connectivity index (χ3v) is 3.39. The van der Waals surface area contributed by atoms with Gasteiger partial charge in [-0.25, -0.2) is 4.79 Å². The number of carboxylic acids is 1. The SMILES string of the molecule is COCC(Nc1c(Br)cc(C)cc1Br)C(=O)O. The Bertz CT molecular complexity index is 400. The van der Waals surface area contributed by atoms with E-state index in [2.05, 4.69) is 37.2 Å². The number of hydrogen-bond donors (Lipinski definition) is 2.